The molecule has 7 heteroatoms. The highest BCUT2D eigenvalue weighted by Gasteiger charge is 2.24. The van der Waals surface area contributed by atoms with E-state index in [0.29, 0.717) is 17.4 Å². The van der Waals surface area contributed by atoms with Crippen LogP contribution >= 0.6 is 0 Å². The van der Waals surface area contributed by atoms with Crippen molar-refractivity contribution in [2.24, 2.45) is 28.3 Å². The van der Waals surface area contributed by atoms with E-state index < -0.39 is 0 Å². The highest BCUT2D eigenvalue weighted by molar-refractivity contribution is 5.93. The third-order valence-corrected chi connectivity index (χ3v) is 4.68. The largest absolute Gasteiger partial charge is 0.402 e. The number of nitrogens with two attached hydrogens (primary N) is 2. The van der Waals surface area contributed by atoms with Gasteiger partial charge in [0.15, 0.2) is 12.0 Å². The highest BCUT2D eigenvalue weighted by atomic mass is 15.1. The number of allylic oxidation sites excluding steroid dienone is 1. The number of hydrogen-bond donors (Lipinski definition) is 3. The topological polar surface area (TPSA) is 105 Å². The third-order valence-electron chi connectivity index (χ3n) is 4.68. The molecule has 25 heavy (non-hydrogen) atoms. The Morgan fingerprint density at radius 3 is 3.04 bits per heavy atom. The first-order chi connectivity index (χ1) is 12.0. The Morgan fingerprint density at radius 2 is 2.32 bits per heavy atom. The van der Waals surface area contributed by atoms with Gasteiger partial charge in [-0.2, -0.15) is 0 Å². The molecule has 1 fully saturated rings. The zero-order valence-corrected chi connectivity index (χ0v) is 15.1. The van der Waals surface area contributed by atoms with Gasteiger partial charge in [-0.05, 0) is 25.0 Å². The van der Waals surface area contributed by atoms with Gasteiger partial charge in [0.25, 0.3) is 0 Å². The van der Waals surface area contributed by atoms with Crippen LogP contribution in [0.2, 0.25) is 0 Å². The zero-order chi connectivity index (χ0) is 17.8. The van der Waals surface area contributed by atoms with Gasteiger partial charge in [-0.25, -0.2) is 19.5 Å². The average Bonchev–Trinajstić information content (AvgIpc) is 3.07. The second-order valence-corrected chi connectivity index (χ2v) is 7.13. The van der Waals surface area contributed by atoms with E-state index in [1.807, 2.05) is 13.8 Å². The minimum Gasteiger partial charge on any atom is -0.402 e. The van der Waals surface area contributed by atoms with E-state index in [4.69, 9.17) is 11.5 Å². The smallest absolute Gasteiger partial charge is 0.191 e. The fourth-order valence-corrected chi connectivity index (χ4v) is 3.11. The van der Waals surface area contributed by atoms with Gasteiger partial charge in [0.05, 0.1) is 18.3 Å². The molecule has 7 nitrogen and oxygen atoms in total. The highest BCUT2D eigenvalue weighted by Crippen LogP contribution is 2.15. The first-order valence-electron chi connectivity index (χ1n) is 8.98. The summed E-state index contributed by atoms with van der Waals surface area (Å²) in [6, 6.07) is 0. The summed E-state index contributed by atoms with van der Waals surface area (Å²) in [7, 11) is 0. The molecular formula is C18H28N7+. The van der Waals surface area contributed by atoms with Crippen molar-refractivity contribution in [1.29, 1.82) is 0 Å². The predicted molar refractivity (Wildman–Crippen MR) is 100 cm³/mol. The van der Waals surface area contributed by atoms with Crippen LogP contribution in [-0.2, 0) is 6.42 Å². The molecule has 2 aliphatic heterocycles. The Labute approximate surface area is 149 Å². The molecule has 0 saturated carbocycles. The molecular weight excluding hydrogens is 314 g/mol. The van der Waals surface area contributed by atoms with Crippen molar-refractivity contribution in [1.82, 2.24) is 15.3 Å². The van der Waals surface area contributed by atoms with E-state index >= 15 is 0 Å². The average molecular weight is 342 g/mol. The third kappa shape index (κ3) is 4.63. The fourth-order valence-electron chi connectivity index (χ4n) is 3.11. The number of nitrogens with zero attached hydrogens (tertiary/aromatic N) is 4. The van der Waals surface area contributed by atoms with Crippen LogP contribution in [0.1, 0.15) is 31.7 Å². The van der Waals surface area contributed by atoms with Crippen LogP contribution in [-0.4, -0.2) is 52.8 Å². The molecule has 0 radical (unpaired) electrons. The summed E-state index contributed by atoms with van der Waals surface area (Å²) in [6.07, 6.45) is 7.62. The lowest BCUT2D eigenvalue weighted by atomic mass is 10.1. The normalized spacial score (nSPS) is 21.4. The van der Waals surface area contributed by atoms with Crippen molar-refractivity contribution in [2.45, 2.75) is 26.7 Å². The molecule has 1 aromatic heterocycles. The van der Waals surface area contributed by atoms with Crippen LogP contribution in [0.3, 0.4) is 0 Å². The summed E-state index contributed by atoms with van der Waals surface area (Å²) in [6.45, 7) is 8.33. The van der Waals surface area contributed by atoms with Crippen LogP contribution in [0.25, 0.3) is 0 Å². The standard InChI is InChI=1S/C18H27N7/c1-12(2)14(19)7-17(20)24-18-9-22-16-11-25(6-4-15(16)23-18)10-13-3-5-21-8-13/h7,9,11-13,21H,3-6,8,10H2,1-2H3,(H3,19,20)/p+1. The number of nitrogens with one attached hydrogen (secondary N) is 1. The molecule has 0 aliphatic carbocycles. The van der Waals surface area contributed by atoms with E-state index in [1.54, 1.807) is 12.3 Å². The van der Waals surface area contributed by atoms with Crippen molar-refractivity contribution in [3.63, 3.8) is 0 Å². The second kappa shape index (κ2) is 7.74. The molecule has 3 rings (SSSR count). The quantitative estimate of drug-likeness (QED) is 0.412. The summed E-state index contributed by atoms with van der Waals surface area (Å²) in [4.78, 5) is 13.4. The minimum absolute atomic E-state index is 0.235. The summed E-state index contributed by atoms with van der Waals surface area (Å²) in [5.41, 5.74) is 14.5. The van der Waals surface area contributed by atoms with E-state index in [-0.39, 0.29) is 5.92 Å². The first kappa shape index (κ1) is 17.5. The first-order valence-corrected chi connectivity index (χ1v) is 8.98. The van der Waals surface area contributed by atoms with Crippen molar-refractivity contribution in [2.75, 3.05) is 26.2 Å². The van der Waals surface area contributed by atoms with E-state index in [1.165, 1.54) is 6.42 Å². The number of amidine groups is 1. The van der Waals surface area contributed by atoms with Crippen LogP contribution in [0, 0.1) is 11.8 Å². The maximum absolute atomic E-state index is 5.94. The Kier molecular flexibility index (Phi) is 5.43. The lowest BCUT2D eigenvalue weighted by Crippen LogP contribution is -2.29. The lowest BCUT2D eigenvalue weighted by molar-refractivity contribution is -0.530. The van der Waals surface area contributed by atoms with Crippen LogP contribution in [0.4, 0.5) is 5.82 Å². The summed E-state index contributed by atoms with van der Waals surface area (Å²) >= 11 is 0. The second-order valence-electron chi connectivity index (χ2n) is 7.13. The predicted octanol–water partition coefficient (Wildman–Crippen LogP) is 0.561. The maximum atomic E-state index is 5.94. The minimum atomic E-state index is 0.235. The summed E-state index contributed by atoms with van der Waals surface area (Å²) in [5, 5.41) is 3.42. The van der Waals surface area contributed by atoms with Gasteiger partial charge in [0, 0.05) is 18.2 Å². The van der Waals surface area contributed by atoms with E-state index in [9.17, 15) is 0 Å². The van der Waals surface area contributed by atoms with Crippen molar-refractivity contribution < 1.29 is 4.58 Å². The Hall–Kier alpha value is -2.28. The monoisotopic (exact) mass is 342 g/mol. The molecule has 1 aromatic rings. The van der Waals surface area contributed by atoms with Gasteiger partial charge in [-0.3, -0.25) is 0 Å². The number of hydrogen-bond acceptors (Lipinski definition) is 5. The molecule has 0 spiro atoms. The van der Waals surface area contributed by atoms with Crippen LogP contribution in [0.5, 0.6) is 0 Å². The molecule has 0 bridgehead atoms. The van der Waals surface area contributed by atoms with Crippen LogP contribution in [0.15, 0.2) is 23.0 Å². The van der Waals surface area contributed by atoms with Gasteiger partial charge in [0.1, 0.15) is 24.6 Å². The van der Waals surface area contributed by atoms with E-state index in [0.717, 1.165) is 49.9 Å². The Bertz CT molecular complexity index is 712. The Morgan fingerprint density at radius 1 is 1.48 bits per heavy atom. The van der Waals surface area contributed by atoms with E-state index in [2.05, 4.69) is 31.1 Å². The number of aromatic nitrogens is 2. The maximum Gasteiger partial charge on any atom is 0.191 e. The van der Waals surface area contributed by atoms with Gasteiger partial charge in [-0.1, -0.05) is 13.8 Å². The molecule has 2 aliphatic rings. The zero-order valence-electron chi connectivity index (χ0n) is 15.1. The SMILES string of the molecule is CC(C)/C(N)=C/C(N)=N\c1cnc2c(n1)CC[N+](CC1CCNC1)=C2. The molecule has 5 N–H and O–H groups in total. The summed E-state index contributed by atoms with van der Waals surface area (Å²) in [5.74, 6) is 1.85. The van der Waals surface area contributed by atoms with Gasteiger partial charge in [-0.15, -0.1) is 0 Å². The molecule has 0 aromatic carbocycles. The molecule has 134 valence electrons. The van der Waals surface area contributed by atoms with Gasteiger partial charge < -0.3 is 16.8 Å². The number of fused-ring (bicyclic) bond motifs is 1. The fraction of sp³-hybridized carbons (Fsp3) is 0.556. The lowest BCUT2D eigenvalue weighted by Gasteiger charge is -2.13. The van der Waals surface area contributed by atoms with Crippen molar-refractivity contribution in [3.8, 4) is 0 Å². The Balaban J connectivity index is 1.73. The number of aliphatic imine (C=N–C) groups is 1. The molecule has 0 amide bonds. The van der Waals surface area contributed by atoms with Gasteiger partial charge >= 0.3 is 0 Å². The van der Waals surface area contributed by atoms with Crippen molar-refractivity contribution in [3.05, 3.63) is 29.4 Å². The molecule has 3 heterocycles. The number of rotatable bonds is 5. The van der Waals surface area contributed by atoms with Crippen LogP contribution < -0.4 is 16.8 Å². The summed E-state index contributed by atoms with van der Waals surface area (Å²) < 4.78 is 2.36. The molecule has 1 saturated heterocycles. The molecule has 1 atom stereocenters. The van der Waals surface area contributed by atoms with Crippen molar-refractivity contribution >= 4 is 17.9 Å². The molecule has 1 unspecified atom stereocenters. The van der Waals surface area contributed by atoms with Gasteiger partial charge in [0.2, 0.25) is 0 Å².